The molecule has 0 bridgehead atoms. The van der Waals surface area contributed by atoms with Crippen LogP contribution in [-0.4, -0.2) is 30.6 Å². The standard InChI is InChI=1S/C32H18Br8O8S/c1-11(2)31(43)47-29-19(37)9-21(23(25(29)39)13-5-15(33)27(41)16(34)6-13)49(45,46)22-10-20(38)30(48-32(44)12(3)4)26(40)24(22)14-7-17(35)28(42)18(36)8-14/h5-10,41-42H,1,3H2,2,4H3. The highest BCUT2D eigenvalue weighted by atomic mass is 79.9. The Bertz CT molecular complexity index is 2050. The number of sulfone groups is 1. The largest absolute Gasteiger partial charge is 0.506 e. The molecule has 0 saturated carbocycles. The van der Waals surface area contributed by atoms with E-state index in [1.54, 1.807) is 0 Å². The van der Waals surface area contributed by atoms with E-state index in [-0.39, 0.29) is 90.8 Å². The van der Waals surface area contributed by atoms with Crippen molar-refractivity contribution in [1.82, 2.24) is 0 Å². The van der Waals surface area contributed by atoms with Crippen LogP contribution in [0.15, 0.2) is 106 Å². The molecule has 0 fully saturated rings. The molecule has 0 aliphatic heterocycles. The van der Waals surface area contributed by atoms with Gasteiger partial charge >= 0.3 is 11.9 Å². The second-order valence-electron chi connectivity index (χ2n) is 10.2. The maximum Gasteiger partial charge on any atom is 0.338 e. The normalized spacial score (nSPS) is 11.3. The summed E-state index contributed by atoms with van der Waals surface area (Å²) in [5, 5.41) is 20.9. The number of carbonyl (C=O) groups excluding carboxylic acids is 2. The fourth-order valence-electron chi connectivity index (χ4n) is 4.21. The molecule has 4 rings (SSSR count). The number of halogens is 8. The SMILES string of the molecule is C=C(C)C(=O)Oc1c(Br)cc(S(=O)(=O)c2cc(Br)c(OC(=O)C(=C)C)c(Br)c2-c2cc(Br)c(O)c(Br)c2)c(-c2cc(Br)c(O)c(Br)c2)c1Br. The predicted octanol–water partition coefficient (Wildman–Crippen LogP) is 12.3. The summed E-state index contributed by atoms with van der Waals surface area (Å²) in [4.78, 5) is 24.7. The van der Waals surface area contributed by atoms with Crippen molar-refractivity contribution in [2.24, 2.45) is 0 Å². The van der Waals surface area contributed by atoms with Crippen LogP contribution >= 0.6 is 127 Å². The van der Waals surface area contributed by atoms with Gasteiger partial charge in [-0.25, -0.2) is 18.0 Å². The van der Waals surface area contributed by atoms with Gasteiger partial charge in [0.15, 0.2) is 11.5 Å². The third-order valence-corrected chi connectivity index (χ3v) is 13.5. The maximum atomic E-state index is 15.1. The number of hydrogen-bond acceptors (Lipinski definition) is 8. The summed E-state index contributed by atoms with van der Waals surface area (Å²) >= 11 is 27.0. The van der Waals surface area contributed by atoms with Gasteiger partial charge < -0.3 is 19.7 Å². The fourth-order valence-corrected chi connectivity index (χ4v) is 11.9. The van der Waals surface area contributed by atoms with Gasteiger partial charge in [-0.1, -0.05) is 13.2 Å². The van der Waals surface area contributed by atoms with E-state index in [2.05, 4.69) is 141 Å². The van der Waals surface area contributed by atoms with Gasteiger partial charge in [-0.15, -0.1) is 0 Å². The molecule has 256 valence electrons. The van der Waals surface area contributed by atoms with E-state index in [0.29, 0.717) is 11.1 Å². The summed E-state index contributed by atoms with van der Waals surface area (Å²) < 4.78 is 42.8. The molecule has 0 amide bonds. The third kappa shape index (κ3) is 8.19. The molecular formula is C32H18Br8O8S. The Labute approximate surface area is 348 Å². The van der Waals surface area contributed by atoms with E-state index < -0.39 is 21.8 Å². The Kier molecular flexibility index (Phi) is 13.0. The molecule has 2 N–H and O–H groups in total. The molecule has 0 aromatic heterocycles. The average Bonchev–Trinajstić information content (AvgIpc) is 3.01. The Morgan fingerprint density at radius 2 is 0.857 bits per heavy atom. The summed E-state index contributed by atoms with van der Waals surface area (Å²) in [6, 6.07) is 8.57. The Hall–Kier alpha value is -1.31. The number of phenolic OH excluding ortho intramolecular Hbond substituents is 2. The Morgan fingerprint density at radius 1 is 0.571 bits per heavy atom. The number of carbonyl (C=O) groups is 2. The van der Waals surface area contributed by atoms with Crippen molar-refractivity contribution in [1.29, 1.82) is 0 Å². The molecule has 0 radical (unpaired) electrons. The van der Waals surface area contributed by atoms with Gasteiger partial charge in [-0.3, -0.25) is 0 Å². The zero-order chi connectivity index (χ0) is 36.9. The predicted molar refractivity (Wildman–Crippen MR) is 215 cm³/mol. The lowest BCUT2D eigenvalue weighted by molar-refractivity contribution is -0.131. The van der Waals surface area contributed by atoms with E-state index in [9.17, 15) is 19.8 Å². The van der Waals surface area contributed by atoms with Crippen molar-refractivity contribution < 1.29 is 37.7 Å². The first kappa shape index (κ1) is 40.5. The van der Waals surface area contributed by atoms with Gasteiger partial charge in [-0.2, -0.15) is 0 Å². The highest BCUT2D eigenvalue weighted by Crippen LogP contribution is 2.52. The molecule has 0 heterocycles. The van der Waals surface area contributed by atoms with Gasteiger partial charge in [0.1, 0.15) is 11.5 Å². The lowest BCUT2D eigenvalue weighted by Gasteiger charge is -2.21. The second-order valence-corrected chi connectivity index (χ2v) is 18.8. The maximum absolute atomic E-state index is 15.1. The number of aromatic hydroxyl groups is 2. The van der Waals surface area contributed by atoms with E-state index in [4.69, 9.17) is 9.47 Å². The quantitative estimate of drug-likeness (QED) is 0.101. The first-order chi connectivity index (χ1) is 22.7. The second kappa shape index (κ2) is 15.7. The molecule has 0 aliphatic rings. The average molecular weight is 1200 g/mol. The van der Waals surface area contributed by atoms with Gasteiger partial charge in [0.25, 0.3) is 0 Å². The number of rotatable bonds is 8. The monoisotopic (exact) mass is 1190 g/mol. The highest BCUT2D eigenvalue weighted by molar-refractivity contribution is 9.12. The molecule has 8 nitrogen and oxygen atoms in total. The zero-order valence-electron chi connectivity index (χ0n) is 24.7. The number of hydrogen-bond donors (Lipinski definition) is 2. The molecule has 4 aromatic carbocycles. The number of phenols is 2. The summed E-state index contributed by atoms with van der Waals surface area (Å²) in [6.07, 6.45) is 0. The Balaban J connectivity index is 2.19. The van der Waals surface area contributed by atoms with Crippen LogP contribution in [0.1, 0.15) is 13.8 Å². The molecule has 0 spiro atoms. The summed E-state index contributed by atoms with van der Waals surface area (Å²) in [7, 11) is -4.60. The van der Waals surface area contributed by atoms with Crippen LogP contribution in [-0.2, 0) is 19.4 Å². The molecule has 0 atom stereocenters. The summed E-state index contributed by atoms with van der Waals surface area (Å²) in [5.41, 5.74) is 0.930. The molecule has 0 aliphatic carbocycles. The van der Waals surface area contributed by atoms with Gasteiger partial charge in [0, 0.05) is 22.3 Å². The topological polar surface area (TPSA) is 127 Å². The van der Waals surface area contributed by atoms with Gasteiger partial charge in [0.05, 0.1) is 45.6 Å². The number of ether oxygens (including phenoxy) is 2. The lowest BCUT2D eigenvalue weighted by Crippen LogP contribution is -2.13. The minimum absolute atomic E-state index is 0.0293. The van der Waals surface area contributed by atoms with Crippen LogP contribution < -0.4 is 9.47 Å². The van der Waals surface area contributed by atoms with Crippen LogP contribution in [0.2, 0.25) is 0 Å². The van der Waals surface area contributed by atoms with Crippen molar-refractivity contribution in [2.45, 2.75) is 23.6 Å². The van der Waals surface area contributed by atoms with Crippen LogP contribution in [0.3, 0.4) is 0 Å². The summed E-state index contributed by atoms with van der Waals surface area (Å²) in [5.74, 6) is -1.83. The smallest absolute Gasteiger partial charge is 0.338 e. The van der Waals surface area contributed by atoms with E-state index in [0.717, 1.165) is 0 Å². The molecule has 0 unspecified atom stereocenters. The molecular weight excluding hydrogens is 1180 g/mol. The summed E-state index contributed by atoms with van der Waals surface area (Å²) in [6.45, 7) is 10.2. The lowest BCUT2D eigenvalue weighted by atomic mass is 10.0. The van der Waals surface area contributed by atoms with E-state index >= 15 is 8.42 Å². The minimum atomic E-state index is -4.60. The van der Waals surface area contributed by atoms with Crippen molar-refractivity contribution >= 4 is 149 Å². The highest BCUT2D eigenvalue weighted by Gasteiger charge is 2.34. The van der Waals surface area contributed by atoms with Crippen LogP contribution in [0, 0.1) is 0 Å². The molecule has 0 saturated heterocycles. The van der Waals surface area contributed by atoms with Crippen LogP contribution in [0.4, 0.5) is 0 Å². The third-order valence-electron chi connectivity index (χ3n) is 6.56. The van der Waals surface area contributed by atoms with E-state index in [1.165, 1.54) is 50.2 Å². The first-order valence-corrected chi connectivity index (χ1v) is 20.9. The van der Waals surface area contributed by atoms with Crippen molar-refractivity contribution in [3.8, 4) is 45.3 Å². The molecule has 17 heteroatoms. The van der Waals surface area contributed by atoms with Crippen molar-refractivity contribution in [3.63, 3.8) is 0 Å². The molecule has 49 heavy (non-hydrogen) atoms. The molecule has 4 aromatic rings. The zero-order valence-corrected chi connectivity index (χ0v) is 38.2. The first-order valence-electron chi connectivity index (χ1n) is 13.1. The van der Waals surface area contributed by atoms with Crippen LogP contribution in [0.5, 0.6) is 23.0 Å². The van der Waals surface area contributed by atoms with Gasteiger partial charge in [0.2, 0.25) is 9.84 Å². The Morgan fingerprint density at radius 3 is 1.12 bits per heavy atom. The van der Waals surface area contributed by atoms with Crippen molar-refractivity contribution in [2.75, 3.05) is 0 Å². The van der Waals surface area contributed by atoms with Gasteiger partial charge in [-0.05, 0) is 189 Å². The number of esters is 2. The fraction of sp³-hybridized carbons (Fsp3) is 0.0625. The van der Waals surface area contributed by atoms with Crippen LogP contribution in [0.25, 0.3) is 22.3 Å². The number of benzene rings is 4. The minimum Gasteiger partial charge on any atom is -0.506 e. The van der Waals surface area contributed by atoms with Crippen molar-refractivity contribution in [3.05, 3.63) is 96.5 Å². The van der Waals surface area contributed by atoms with E-state index in [1.807, 2.05) is 0 Å².